The van der Waals surface area contributed by atoms with Gasteiger partial charge in [-0.2, -0.15) is 5.10 Å². The van der Waals surface area contributed by atoms with E-state index in [2.05, 4.69) is 39.2 Å². The Morgan fingerprint density at radius 1 is 1.11 bits per heavy atom. The first-order valence-electron chi connectivity index (χ1n) is 7.44. The SMILES string of the molecule is CN(CCCCCCCCCBr)Cc1cnn(C)c1. The molecule has 4 heteroatoms. The van der Waals surface area contributed by atoms with Crippen LogP contribution in [0.2, 0.25) is 0 Å². The number of rotatable bonds is 11. The van der Waals surface area contributed by atoms with Crippen molar-refractivity contribution in [2.75, 3.05) is 18.9 Å². The minimum absolute atomic E-state index is 1.01. The van der Waals surface area contributed by atoms with Crippen LogP contribution in [0.15, 0.2) is 12.4 Å². The molecule has 0 spiro atoms. The van der Waals surface area contributed by atoms with Crippen molar-refractivity contribution < 1.29 is 0 Å². The molecule has 1 rings (SSSR count). The number of unbranched alkanes of at least 4 members (excludes halogenated alkanes) is 6. The van der Waals surface area contributed by atoms with Crippen molar-refractivity contribution in [2.45, 2.75) is 51.5 Å². The maximum absolute atomic E-state index is 4.20. The van der Waals surface area contributed by atoms with Crippen LogP contribution in [0.3, 0.4) is 0 Å². The van der Waals surface area contributed by atoms with Gasteiger partial charge in [0.05, 0.1) is 6.20 Å². The molecule has 110 valence electrons. The van der Waals surface area contributed by atoms with Crippen LogP contribution in [0.5, 0.6) is 0 Å². The van der Waals surface area contributed by atoms with Gasteiger partial charge in [-0.25, -0.2) is 0 Å². The summed E-state index contributed by atoms with van der Waals surface area (Å²) in [6.45, 7) is 2.20. The van der Waals surface area contributed by atoms with Crippen LogP contribution in [-0.4, -0.2) is 33.6 Å². The molecule has 0 aliphatic heterocycles. The second-order valence-electron chi connectivity index (χ2n) is 5.42. The highest BCUT2D eigenvalue weighted by atomic mass is 79.9. The third kappa shape index (κ3) is 8.43. The van der Waals surface area contributed by atoms with Gasteiger partial charge in [-0.1, -0.05) is 48.0 Å². The summed E-state index contributed by atoms with van der Waals surface area (Å²) in [7, 11) is 4.17. The van der Waals surface area contributed by atoms with E-state index in [0.29, 0.717) is 0 Å². The Balaban J connectivity index is 1.94. The molecule has 0 bridgehead atoms. The fourth-order valence-electron chi connectivity index (χ4n) is 2.30. The summed E-state index contributed by atoms with van der Waals surface area (Å²) >= 11 is 3.48. The first-order chi connectivity index (χ1) is 9.22. The minimum Gasteiger partial charge on any atom is -0.302 e. The van der Waals surface area contributed by atoms with E-state index in [1.54, 1.807) is 0 Å². The van der Waals surface area contributed by atoms with Crippen LogP contribution in [0, 0.1) is 0 Å². The molecule has 1 heterocycles. The van der Waals surface area contributed by atoms with Crippen LogP contribution < -0.4 is 0 Å². The quantitative estimate of drug-likeness (QED) is 0.452. The fourth-order valence-corrected chi connectivity index (χ4v) is 2.70. The number of aryl methyl sites for hydroxylation is 1. The number of alkyl halides is 1. The van der Waals surface area contributed by atoms with Crippen LogP contribution in [0.4, 0.5) is 0 Å². The van der Waals surface area contributed by atoms with Gasteiger partial charge in [-0.15, -0.1) is 0 Å². The van der Waals surface area contributed by atoms with Gasteiger partial charge in [0.2, 0.25) is 0 Å². The van der Waals surface area contributed by atoms with E-state index < -0.39 is 0 Å². The summed E-state index contributed by atoms with van der Waals surface area (Å²) < 4.78 is 1.87. The zero-order valence-corrected chi connectivity index (χ0v) is 14.0. The second-order valence-corrected chi connectivity index (χ2v) is 6.22. The van der Waals surface area contributed by atoms with E-state index in [9.17, 15) is 0 Å². The van der Waals surface area contributed by atoms with E-state index in [0.717, 1.165) is 11.9 Å². The average molecular weight is 330 g/mol. The van der Waals surface area contributed by atoms with Gasteiger partial charge in [-0.3, -0.25) is 4.68 Å². The summed E-state index contributed by atoms with van der Waals surface area (Å²) in [6, 6.07) is 0. The van der Waals surface area contributed by atoms with Crippen molar-refractivity contribution >= 4 is 15.9 Å². The predicted molar refractivity (Wildman–Crippen MR) is 85.7 cm³/mol. The molecule has 0 saturated carbocycles. The van der Waals surface area contributed by atoms with Crippen LogP contribution in [-0.2, 0) is 13.6 Å². The average Bonchev–Trinajstić information content (AvgIpc) is 2.78. The standard InChI is InChI=1S/C15H28BrN3/c1-18(13-15-12-17-19(2)14-15)11-9-7-5-3-4-6-8-10-16/h12,14H,3-11,13H2,1-2H3. The summed E-state index contributed by atoms with van der Waals surface area (Å²) in [6.07, 6.45) is 13.6. The lowest BCUT2D eigenvalue weighted by Crippen LogP contribution is -2.18. The summed E-state index contributed by atoms with van der Waals surface area (Å²) in [5.74, 6) is 0. The first-order valence-corrected chi connectivity index (χ1v) is 8.56. The number of hydrogen-bond donors (Lipinski definition) is 0. The lowest BCUT2D eigenvalue weighted by Gasteiger charge is -2.15. The molecule has 19 heavy (non-hydrogen) atoms. The maximum Gasteiger partial charge on any atom is 0.0534 e. The highest BCUT2D eigenvalue weighted by Crippen LogP contribution is 2.09. The molecule has 0 unspecified atom stereocenters. The monoisotopic (exact) mass is 329 g/mol. The fraction of sp³-hybridized carbons (Fsp3) is 0.800. The maximum atomic E-state index is 4.20. The zero-order valence-electron chi connectivity index (χ0n) is 12.4. The van der Waals surface area contributed by atoms with Crippen LogP contribution in [0.1, 0.15) is 50.5 Å². The molecule has 0 saturated heterocycles. The molecular weight excluding hydrogens is 302 g/mol. The molecule has 0 aliphatic rings. The molecule has 0 fully saturated rings. The third-order valence-electron chi connectivity index (χ3n) is 3.38. The Morgan fingerprint density at radius 3 is 2.32 bits per heavy atom. The van der Waals surface area contributed by atoms with Gasteiger partial charge in [0, 0.05) is 30.7 Å². The van der Waals surface area contributed by atoms with Crippen molar-refractivity contribution in [3.8, 4) is 0 Å². The third-order valence-corrected chi connectivity index (χ3v) is 3.95. The molecule has 1 aromatic heterocycles. The van der Waals surface area contributed by atoms with E-state index >= 15 is 0 Å². The summed E-state index contributed by atoms with van der Waals surface area (Å²) in [5, 5.41) is 5.36. The largest absolute Gasteiger partial charge is 0.302 e. The Kier molecular flexibility index (Phi) is 9.18. The highest BCUT2D eigenvalue weighted by Gasteiger charge is 2.02. The van der Waals surface area contributed by atoms with E-state index in [1.807, 2.05) is 17.9 Å². The Hall–Kier alpha value is -0.350. The van der Waals surface area contributed by atoms with Crippen molar-refractivity contribution in [3.63, 3.8) is 0 Å². The molecule has 3 nitrogen and oxygen atoms in total. The van der Waals surface area contributed by atoms with Gasteiger partial charge in [-0.05, 0) is 26.4 Å². The van der Waals surface area contributed by atoms with Crippen molar-refractivity contribution in [1.82, 2.24) is 14.7 Å². The number of hydrogen-bond acceptors (Lipinski definition) is 2. The van der Waals surface area contributed by atoms with Gasteiger partial charge in [0.25, 0.3) is 0 Å². The Labute approximate surface area is 126 Å². The van der Waals surface area contributed by atoms with E-state index in [-0.39, 0.29) is 0 Å². The Morgan fingerprint density at radius 2 is 1.74 bits per heavy atom. The van der Waals surface area contributed by atoms with Gasteiger partial charge in [0.1, 0.15) is 0 Å². The minimum atomic E-state index is 1.01. The summed E-state index contributed by atoms with van der Waals surface area (Å²) in [4.78, 5) is 2.39. The number of halogens is 1. The Bertz CT molecular complexity index is 325. The normalized spacial score (nSPS) is 11.4. The zero-order chi connectivity index (χ0) is 13.9. The van der Waals surface area contributed by atoms with Crippen molar-refractivity contribution in [2.24, 2.45) is 7.05 Å². The lowest BCUT2D eigenvalue weighted by atomic mass is 10.1. The first kappa shape index (κ1) is 16.7. The second kappa shape index (κ2) is 10.4. The highest BCUT2D eigenvalue weighted by molar-refractivity contribution is 9.09. The molecule has 0 atom stereocenters. The van der Waals surface area contributed by atoms with Crippen LogP contribution >= 0.6 is 15.9 Å². The van der Waals surface area contributed by atoms with E-state index in [1.165, 1.54) is 57.1 Å². The van der Waals surface area contributed by atoms with E-state index in [4.69, 9.17) is 0 Å². The number of aromatic nitrogens is 2. The predicted octanol–water partition coefficient (Wildman–Crippen LogP) is 3.98. The van der Waals surface area contributed by atoms with Gasteiger partial charge < -0.3 is 4.90 Å². The topological polar surface area (TPSA) is 21.1 Å². The van der Waals surface area contributed by atoms with Crippen molar-refractivity contribution in [1.29, 1.82) is 0 Å². The molecular formula is C15H28BrN3. The molecule has 1 aromatic rings. The van der Waals surface area contributed by atoms with Crippen LogP contribution in [0.25, 0.3) is 0 Å². The number of nitrogens with zero attached hydrogens (tertiary/aromatic N) is 3. The molecule has 0 amide bonds. The van der Waals surface area contributed by atoms with Gasteiger partial charge >= 0.3 is 0 Å². The van der Waals surface area contributed by atoms with Gasteiger partial charge in [0.15, 0.2) is 0 Å². The smallest absolute Gasteiger partial charge is 0.0534 e. The molecule has 0 aliphatic carbocycles. The van der Waals surface area contributed by atoms with Crippen molar-refractivity contribution in [3.05, 3.63) is 18.0 Å². The lowest BCUT2D eigenvalue weighted by molar-refractivity contribution is 0.316. The molecule has 0 N–H and O–H groups in total. The molecule has 0 aromatic carbocycles. The summed E-state index contributed by atoms with van der Waals surface area (Å²) in [5.41, 5.74) is 1.31. The molecule has 0 radical (unpaired) electrons.